The lowest BCUT2D eigenvalue weighted by atomic mass is 10.0. The van der Waals surface area contributed by atoms with Crippen LogP contribution in [0.3, 0.4) is 0 Å². The van der Waals surface area contributed by atoms with Gasteiger partial charge in [-0.1, -0.05) is 6.08 Å². The summed E-state index contributed by atoms with van der Waals surface area (Å²) >= 11 is 0. The summed E-state index contributed by atoms with van der Waals surface area (Å²) < 4.78 is 42.1. The second kappa shape index (κ2) is 9.40. The van der Waals surface area contributed by atoms with Gasteiger partial charge in [-0.2, -0.15) is 0 Å². The standard InChI is InChI=1S/C23H26F3N5O2/c1-13-12-31(6-5-30(13)2)20-9-18(24)15(14-3-4-27-10-14)7-19(20)29-23(33)17-11-28-21(32)8-16(17)22(25)26/h3,7-9,11,13,22,27H,4-6,10,12H2,1-2H3,(H,28,32)(H,29,33)/t13-/m0/s1. The highest BCUT2D eigenvalue weighted by Crippen LogP contribution is 2.34. The van der Waals surface area contributed by atoms with Gasteiger partial charge in [-0.25, -0.2) is 13.2 Å². The van der Waals surface area contributed by atoms with E-state index in [1.54, 1.807) is 6.07 Å². The van der Waals surface area contributed by atoms with Gasteiger partial charge in [0.1, 0.15) is 5.82 Å². The number of hydrogen-bond acceptors (Lipinski definition) is 5. The van der Waals surface area contributed by atoms with Crippen LogP contribution in [0.1, 0.15) is 34.8 Å². The molecule has 3 heterocycles. The van der Waals surface area contributed by atoms with E-state index in [4.69, 9.17) is 0 Å². The van der Waals surface area contributed by atoms with Crippen molar-refractivity contribution in [3.63, 3.8) is 0 Å². The lowest BCUT2D eigenvalue weighted by molar-refractivity contribution is 0.101. The molecule has 3 N–H and O–H groups in total. The second-order valence-corrected chi connectivity index (χ2v) is 8.41. The molecule has 0 aliphatic carbocycles. The van der Waals surface area contributed by atoms with E-state index in [1.165, 1.54) is 6.07 Å². The molecule has 1 aromatic carbocycles. The van der Waals surface area contributed by atoms with Crippen LogP contribution in [0.15, 0.2) is 35.3 Å². The first kappa shape index (κ1) is 23.1. The molecule has 1 aromatic heterocycles. The van der Waals surface area contributed by atoms with Gasteiger partial charge in [0.25, 0.3) is 12.3 Å². The third-order valence-electron chi connectivity index (χ3n) is 6.22. The number of nitrogens with one attached hydrogen (secondary N) is 3. The fourth-order valence-electron chi connectivity index (χ4n) is 4.17. The van der Waals surface area contributed by atoms with Gasteiger partial charge in [0.15, 0.2) is 0 Å². The number of nitrogens with zero attached hydrogens (tertiary/aromatic N) is 2. The average molecular weight is 461 g/mol. The molecule has 2 aromatic rings. The fraction of sp³-hybridized carbons (Fsp3) is 0.391. The maximum atomic E-state index is 15.1. The van der Waals surface area contributed by atoms with Crippen LogP contribution in [-0.2, 0) is 0 Å². The third-order valence-corrected chi connectivity index (χ3v) is 6.22. The van der Waals surface area contributed by atoms with Gasteiger partial charge < -0.3 is 25.4 Å². The molecule has 4 rings (SSSR count). The van der Waals surface area contributed by atoms with Crippen LogP contribution in [0.2, 0.25) is 0 Å². The van der Waals surface area contributed by atoms with Crippen molar-refractivity contribution < 1.29 is 18.0 Å². The van der Waals surface area contributed by atoms with Crippen LogP contribution in [0.4, 0.5) is 24.5 Å². The number of aromatic amines is 1. The predicted octanol–water partition coefficient (Wildman–Crippen LogP) is 2.83. The summed E-state index contributed by atoms with van der Waals surface area (Å²) in [5, 5.41) is 5.81. The normalized spacial score (nSPS) is 19.2. The summed E-state index contributed by atoms with van der Waals surface area (Å²) in [6.45, 7) is 5.15. The minimum atomic E-state index is -3.00. The molecule has 0 unspecified atom stereocenters. The van der Waals surface area contributed by atoms with Crippen molar-refractivity contribution in [1.29, 1.82) is 0 Å². The molecule has 1 atom stereocenters. The lowest BCUT2D eigenvalue weighted by Gasteiger charge is -2.39. The number of anilines is 2. The summed E-state index contributed by atoms with van der Waals surface area (Å²) in [5.74, 6) is -1.22. The van der Waals surface area contributed by atoms with Gasteiger partial charge >= 0.3 is 0 Å². The predicted molar refractivity (Wildman–Crippen MR) is 122 cm³/mol. The topological polar surface area (TPSA) is 80.5 Å². The Labute approximate surface area is 189 Å². The number of H-pyrrole nitrogens is 1. The van der Waals surface area contributed by atoms with Crippen molar-refractivity contribution in [2.24, 2.45) is 0 Å². The molecule has 10 heteroatoms. The monoisotopic (exact) mass is 461 g/mol. The summed E-state index contributed by atoms with van der Waals surface area (Å²) in [4.78, 5) is 30.9. The summed E-state index contributed by atoms with van der Waals surface area (Å²) in [5.41, 5.74) is 0.201. The SMILES string of the molecule is C[C@H]1CN(c2cc(F)c(C3=CCNC3)cc2NC(=O)c2c[nH]c(=O)cc2C(F)F)CCN1C. The number of carbonyl (C=O) groups is 1. The zero-order valence-electron chi connectivity index (χ0n) is 18.4. The molecule has 1 saturated heterocycles. The van der Waals surface area contributed by atoms with E-state index < -0.39 is 29.3 Å². The number of piperazine rings is 1. The zero-order chi connectivity index (χ0) is 23.7. The number of hydrogen-bond donors (Lipinski definition) is 3. The van der Waals surface area contributed by atoms with Gasteiger partial charge in [-0.3, -0.25) is 9.59 Å². The van der Waals surface area contributed by atoms with Crippen LogP contribution < -0.4 is 21.1 Å². The molecule has 2 aliphatic heterocycles. The number of halogens is 3. The second-order valence-electron chi connectivity index (χ2n) is 8.41. The molecule has 33 heavy (non-hydrogen) atoms. The number of likely N-dealkylation sites (N-methyl/N-ethyl adjacent to an activating group) is 1. The Kier molecular flexibility index (Phi) is 6.57. The highest BCUT2D eigenvalue weighted by Gasteiger charge is 2.26. The molecule has 1 fully saturated rings. The Balaban J connectivity index is 1.74. The first-order chi connectivity index (χ1) is 15.7. The Bertz CT molecular complexity index is 1150. The van der Waals surface area contributed by atoms with Crippen LogP contribution in [0.5, 0.6) is 0 Å². The first-order valence-electron chi connectivity index (χ1n) is 10.8. The van der Waals surface area contributed by atoms with E-state index in [0.29, 0.717) is 49.2 Å². The van der Waals surface area contributed by atoms with Gasteiger partial charge in [-0.05, 0) is 31.7 Å². The molecule has 0 saturated carbocycles. The van der Waals surface area contributed by atoms with Crippen molar-refractivity contribution in [2.75, 3.05) is 50.0 Å². The smallest absolute Gasteiger partial charge is 0.264 e. The van der Waals surface area contributed by atoms with Crippen molar-refractivity contribution >= 4 is 22.9 Å². The fourth-order valence-corrected chi connectivity index (χ4v) is 4.17. The molecule has 0 spiro atoms. The number of pyridine rings is 1. The lowest BCUT2D eigenvalue weighted by Crippen LogP contribution is -2.50. The Morgan fingerprint density at radius 3 is 2.70 bits per heavy atom. The third kappa shape index (κ3) is 4.81. The van der Waals surface area contributed by atoms with Crippen LogP contribution >= 0.6 is 0 Å². The van der Waals surface area contributed by atoms with E-state index in [-0.39, 0.29) is 11.6 Å². The number of amides is 1. The quantitative estimate of drug-likeness (QED) is 0.638. The molecular weight excluding hydrogens is 435 g/mol. The van der Waals surface area contributed by atoms with Gasteiger partial charge in [0.05, 0.1) is 16.9 Å². The van der Waals surface area contributed by atoms with E-state index >= 15 is 4.39 Å². The van der Waals surface area contributed by atoms with E-state index in [1.807, 2.05) is 18.0 Å². The number of alkyl halides is 2. The zero-order valence-corrected chi connectivity index (χ0v) is 18.4. The molecule has 176 valence electrons. The number of benzene rings is 1. The van der Waals surface area contributed by atoms with Gasteiger partial charge in [-0.15, -0.1) is 0 Å². The maximum Gasteiger partial charge on any atom is 0.264 e. The Morgan fingerprint density at radius 1 is 1.24 bits per heavy atom. The van der Waals surface area contributed by atoms with E-state index in [9.17, 15) is 18.4 Å². The Hall–Kier alpha value is -3.11. The number of aromatic nitrogens is 1. The summed E-state index contributed by atoms with van der Waals surface area (Å²) in [7, 11) is 2.01. The highest BCUT2D eigenvalue weighted by atomic mass is 19.3. The average Bonchev–Trinajstić information content (AvgIpc) is 3.31. The minimum Gasteiger partial charge on any atom is -0.367 e. The Morgan fingerprint density at radius 2 is 2.03 bits per heavy atom. The molecule has 0 bridgehead atoms. The van der Waals surface area contributed by atoms with Crippen LogP contribution in [0, 0.1) is 5.82 Å². The minimum absolute atomic E-state index is 0.205. The van der Waals surface area contributed by atoms with Crippen LogP contribution in [-0.4, -0.2) is 61.6 Å². The first-order valence-corrected chi connectivity index (χ1v) is 10.8. The van der Waals surface area contributed by atoms with Crippen molar-refractivity contribution in [2.45, 2.75) is 19.4 Å². The van der Waals surface area contributed by atoms with Crippen LogP contribution in [0.25, 0.3) is 5.57 Å². The number of rotatable bonds is 5. The van der Waals surface area contributed by atoms with Crippen molar-refractivity contribution in [3.8, 4) is 0 Å². The van der Waals surface area contributed by atoms with Crippen molar-refractivity contribution in [1.82, 2.24) is 15.2 Å². The molecule has 1 amide bonds. The summed E-state index contributed by atoms with van der Waals surface area (Å²) in [6, 6.07) is 3.87. The highest BCUT2D eigenvalue weighted by molar-refractivity contribution is 6.07. The molecule has 0 radical (unpaired) electrons. The number of carbonyl (C=O) groups excluding carboxylic acids is 1. The molecule has 2 aliphatic rings. The van der Waals surface area contributed by atoms with E-state index in [2.05, 4.69) is 27.4 Å². The maximum absolute atomic E-state index is 15.1. The van der Waals surface area contributed by atoms with E-state index in [0.717, 1.165) is 18.3 Å². The van der Waals surface area contributed by atoms with Gasteiger partial charge in [0, 0.05) is 62.2 Å². The summed E-state index contributed by atoms with van der Waals surface area (Å²) in [6.07, 6.45) is -0.146. The largest absolute Gasteiger partial charge is 0.367 e. The molecular formula is C23H26F3N5O2. The van der Waals surface area contributed by atoms with Gasteiger partial charge in [0.2, 0.25) is 5.56 Å². The van der Waals surface area contributed by atoms with Crippen molar-refractivity contribution in [3.05, 3.63) is 63.3 Å². The molecule has 7 nitrogen and oxygen atoms in total.